The van der Waals surface area contributed by atoms with Gasteiger partial charge < -0.3 is 19.5 Å². The van der Waals surface area contributed by atoms with Crippen molar-refractivity contribution in [3.05, 3.63) is 42.7 Å². The standard InChI is InChI=1S/C16H19N5O3/c22-15(3-4-19-16(23)13-2-1-11-24-13)21-9-7-20(8-10-21)14-12-17-5-6-18-14/h1-2,5-6,11-12H,3-4,7-10H2,(H,19,23). The molecule has 1 N–H and O–H groups in total. The minimum atomic E-state index is -0.305. The maximum Gasteiger partial charge on any atom is 0.286 e. The van der Waals surface area contributed by atoms with Gasteiger partial charge in [-0.15, -0.1) is 0 Å². The van der Waals surface area contributed by atoms with Gasteiger partial charge in [0, 0.05) is 51.5 Å². The molecule has 0 atom stereocenters. The summed E-state index contributed by atoms with van der Waals surface area (Å²) < 4.78 is 5.00. The summed E-state index contributed by atoms with van der Waals surface area (Å²) in [6, 6.07) is 3.24. The number of aromatic nitrogens is 2. The predicted octanol–water partition coefficient (Wildman–Crippen LogP) is 0.538. The van der Waals surface area contributed by atoms with E-state index in [2.05, 4.69) is 20.2 Å². The molecule has 0 bridgehead atoms. The molecular weight excluding hydrogens is 310 g/mol. The van der Waals surface area contributed by atoms with Gasteiger partial charge in [0.2, 0.25) is 5.91 Å². The van der Waals surface area contributed by atoms with Gasteiger partial charge >= 0.3 is 0 Å². The molecule has 1 aliphatic heterocycles. The van der Waals surface area contributed by atoms with Crippen molar-refractivity contribution >= 4 is 17.6 Å². The summed E-state index contributed by atoms with van der Waals surface area (Å²) in [5.74, 6) is 0.809. The van der Waals surface area contributed by atoms with Gasteiger partial charge in [-0.2, -0.15) is 0 Å². The van der Waals surface area contributed by atoms with E-state index >= 15 is 0 Å². The fraction of sp³-hybridized carbons (Fsp3) is 0.375. The maximum atomic E-state index is 12.2. The van der Waals surface area contributed by atoms with Crippen LogP contribution in [0.25, 0.3) is 0 Å². The number of piperazine rings is 1. The van der Waals surface area contributed by atoms with Gasteiger partial charge in [0.1, 0.15) is 5.82 Å². The molecule has 24 heavy (non-hydrogen) atoms. The molecule has 2 amide bonds. The highest BCUT2D eigenvalue weighted by molar-refractivity contribution is 5.91. The van der Waals surface area contributed by atoms with Crippen LogP contribution in [0.2, 0.25) is 0 Å². The van der Waals surface area contributed by atoms with Gasteiger partial charge in [0.15, 0.2) is 5.76 Å². The number of carbonyl (C=O) groups excluding carboxylic acids is 2. The van der Waals surface area contributed by atoms with E-state index < -0.39 is 0 Å². The fourth-order valence-corrected chi connectivity index (χ4v) is 2.58. The number of nitrogens with zero attached hydrogens (tertiary/aromatic N) is 4. The summed E-state index contributed by atoms with van der Waals surface area (Å²) in [4.78, 5) is 36.2. The zero-order valence-corrected chi connectivity index (χ0v) is 13.2. The zero-order chi connectivity index (χ0) is 16.8. The summed E-state index contributed by atoms with van der Waals surface area (Å²) in [5, 5.41) is 2.68. The molecule has 1 aliphatic rings. The van der Waals surface area contributed by atoms with Crippen molar-refractivity contribution in [2.24, 2.45) is 0 Å². The first-order chi connectivity index (χ1) is 11.7. The lowest BCUT2D eigenvalue weighted by atomic mass is 10.2. The molecule has 3 rings (SSSR count). The lowest BCUT2D eigenvalue weighted by molar-refractivity contribution is -0.131. The Morgan fingerprint density at radius 1 is 1.21 bits per heavy atom. The second kappa shape index (κ2) is 7.58. The highest BCUT2D eigenvalue weighted by Gasteiger charge is 2.21. The van der Waals surface area contributed by atoms with Gasteiger partial charge in [0.05, 0.1) is 12.5 Å². The molecule has 2 aromatic heterocycles. The van der Waals surface area contributed by atoms with E-state index in [1.807, 2.05) is 4.90 Å². The average molecular weight is 329 g/mol. The van der Waals surface area contributed by atoms with E-state index in [4.69, 9.17) is 4.42 Å². The highest BCUT2D eigenvalue weighted by Crippen LogP contribution is 2.11. The van der Waals surface area contributed by atoms with Gasteiger partial charge in [-0.3, -0.25) is 14.6 Å². The van der Waals surface area contributed by atoms with Crippen LogP contribution in [0.3, 0.4) is 0 Å². The van der Waals surface area contributed by atoms with Crippen LogP contribution in [0.4, 0.5) is 5.82 Å². The minimum Gasteiger partial charge on any atom is -0.459 e. The fourth-order valence-electron chi connectivity index (χ4n) is 2.58. The number of hydrogen-bond donors (Lipinski definition) is 1. The van der Waals surface area contributed by atoms with Gasteiger partial charge in [-0.05, 0) is 12.1 Å². The molecule has 0 aliphatic carbocycles. The first-order valence-electron chi connectivity index (χ1n) is 7.84. The third-order valence-corrected chi connectivity index (χ3v) is 3.88. The minimum absolute atomic E-state index is 0.0357. The van der Waals surface area contributed by atoms with Crippen LogP contribution in [-0.4, -0.2) is 59.4 Å². The summed E-state index contributed by atoms with van der Waals surface area (Å²) >= 11 is 0. The van der Waals surface area contributed by atoms with Gasteiger partial charge in [0.25, 0.3) is 5.91 Å². The second-order valence-electron chi connectivity index (χ2n) is 5.41. The van der Waals surface area contributed by atoms with Crippen LogP contribution in [0.5, 0.6) is 0 Å². The van der Waals surface area contributed by atoms with E-state index in [-0.39, 0.29) is 24.0 Å². The van der Waals surface area contributed by atoms with Crippen molar-refractivity contribution in [3.63, 3.8) is 0 Å². The van der Waals surface area contributed by atoms with E-state index in [9.17, 15) is 9.59 Å². The van der Waals surface area contributed by atoms with Crippen LogP contribution in [0.15, 0.2) is 41.4 Å². The number of carbonyl (C=O) groups is 2. The van der Waals surface area contributed by atoms with E-state index in [0.717, 1.165) is 18.9 Å². The third kappa shape index (κ3) is 3.89. The summed E-state index contributed by atoms with van der Waals surface area (Å²) in [6.07, 6.45) is 6.74. The first kappa shape index (κ1) is 16.0. The number of amides is 2. The molecule has 2 aromatic rings. The molecule has 8 nitrogen and oxygen atoms in total. The van der Waals surface area contributed by atoms with Gasteiger partial charge in [-0.1, -0.05) is 0 Å². The lowest BCUT2D eigenvalue weighted by Crippen LogP contribution is -2.49. The Bertz CT molecular complexity index is 666. The van der Waals surface area contributed by atoms with Crippen LogP contribution in [-0.2, 0) is 4.79 Å². The molecule has 0 unspecified atom stereocenters. The first-order valence-corrected chi connectivity index (χ1v) is 7.84. The summed E-state index contributed by atoms with van der Waals surface area (Å²) in [6.45, 7) is 3.03. The Balaban J connectivity index is 1.40. The van der Waals surface area contributed by atoms with Crippen LogP contribution < -0.4 is 10.2 Å². The second-order valence-corrected chi connectivity index (χ2v) is 5.41. The molecule has 1 saturated heterocycles. The number of hydrogen-bond acceptors (Lipinski definition) is 6. The number of furan rings is 1. The molecule has 0 saturated carbocycles. The average Bonchev–Trinajstić information content (AvgIpc) is 3.17. The van der Waals surface area contributed by atoms with Crippen molar-refractivity contribution < 1.29 is 14.0 Å². The third-order valence-electron chi connectivity index (χ3n) is 3.88. The van der Waals surface area contributed by atoms with Crippen molar-refractivity contribution in [3.8, 4) is 0 Å². The van der Waals surface area contributed by atoms with Crippen LogP contribution in [0.1, 0.15) is 17.0 Å². The SMILES string of the molecule is O=C(NCCC(=O)N1CCN(c2cnccn2)CC1)c1ccco1. The Labute approximate surface area is 139 Å². The number of nitrogens with one attached hydrogen (secondary N) is 1. The van der Waals surface area contributed by atoms with Crippen molar-refractivity contribution in [1.82, 2.24) is 20.2 Å². The normalized spacial score (nSPS) is 14.5. The highest BCUT2D eigenvalue weighted by atomic mass is 16.3. The smallest absolute Gasteiger partial charge is 0.286 e. The van der Waals surface area contributed by atoms with E-state index in [1.165, 1.54) is 6.26 Å². The van der Waals surface area contributed by atoms with Crippen molar-refractivity contribution in [1.29, 1.82) is 0 Å². The van der Waals surface area contributed by atoms with E-state index in [1.54, 1.807) is 30.7 Å². The quantitative estimate of drug-likeness (QED) is 0.861. The number of anilines is 1. The lowest BCUT2D eigenvalue weighted by Gasteiger charge is -2.35. The monoisotopic (exact) mass is 329 g/mol. The number of rotatable bonds is 5. The van der Waals surface area contributed by atoms with Crippen LogP contribution >= 0.6 is 0 Å². The molecule has 3 heterocycles. The molecule has 0 spiro atoms. The Kier molecular flexibility index (Phi) is 5.05. The van der Waals surface area contributed by atoms with E-state index in [0.29, 0.717) is 19.6 Å². The van der Waals surface area contributed by atoms with Crippen molar-refractivity contribution in [2.75, 3.05) is 37.6 Å². The largest absolute Gasteiger partial charge is 0.459 e. The Morgan fingerprint density at radius 2 is 2.04 bits per heavy atom. The zero-order valence-electron chi connectivity index (χ0n) is 13.2. The molecular formula is C16H19N5O3. The summed E-state index contributed by atoms with van der Waals surface area (Å²) in [7, 11) is 0. The summed E-state index contributed by atoms with van der Waals surface area (Å²) in [5.41, 5.74) is 0. The topological polar surface area (TPSA) is 91.6 Å². The Hall–Kier alpha value is -2.90. The maximum absolute atomic E-state index is 12.2. The molecule has 1 fully saturated rings. The van der Waals surface area contributed by atoms with Crippen LogP contribution in [0, 0.1) is 0 Å². The predicted molar refractivity (Wildman–Crippen MR) is 86.5 cm³/mol. The Morgan fingerprint density at radius 3 is 2.71 bits per heavy atom. The molecule has 8 heteroatoms. The molecule has 0 aromatic carbocycles. The molecule has 0 radical (unpaired) electrons. The molecule has 126 valence electrons. The van der Waals surface area contributed by atoms with Gasteiger partial charge in [-0.25, -0.2) is 4.98 Å². The van der Waals surface area contributed by atoms with Crippen molar-refractivity contribution in [2.45, 2.75) is 6.42 Å².